The molecule has 0 N–H and O–H groups in total. The van der Waals surface area contributed by atoms with Gasteiger partial charge in [0.05, 0.1) is 12.1 Å². The Balaban J connectivity index is 1.45. The first-order chi connectivity index (χ1) is 12.1. The van der Waals surface area contributed by atoms with Crippen LogP contribution in [0.5, 0.6) is 0 Å². The van der Waals surface area contributed by atoms with E-state index in [2.05, 4.69) is 10.2 Å². The van der Waals surface area contributed by atoms with Crippen molar-refractivity contribution in [1.82, 2.24) is 20.0 Å². The van der Waals surface area contributed by atoms with Gasteiger partial charge in [-0.15, -0.1) is 10.2 Å². The van der Waals surface area contributed by atoms with Crippen LogP contribution in [0.25, 0.3) is 10.6 Å². The van der Waals surface area contributed by atoms with Crippen LogP contribution in [0.4, 0.5) is 4.39 Å². The smallest absolute Gasteiger partial charge is 0.312 e. The average Bonchev–Trinajstić information content (AvgIpc) is 3.30. The van der Waals surface area contributed by atoms with Crippen LogP contribution in [0, 0.1) is 0 Å². The van der Waals surface area contributed by atoms with E-state index in [1.54, 1.807) is 0 Å². The van der Waals surface area contributed by atoms with Crippen molar-refractivity contribution in [1.29, 1.82) is 0 Å². The molecule has 0 atom stereocenters. The van der Waals surface area contributed by atoms with E-state index in [0.717, 1.165) is 10.6 Å². The van der Waals surface area contributed by atoms with Crippen LogP contribution in [0.15, 0.2) is 30.3 Å². The lowest BCUT2D eigenvalue weighted by Crippen LogP contribution is -2.58. The van der Waals surface area contributed by atoms with E-state index in [0.29, 0.717) is 30.9 Å². The summed E-state index contributed by atoms with van der Waals surface area (Å²) in [5, 5.41) is 9.75. The normalized spacial score (nSPS) is 19.4. The van der Waals surface area contributed by atoms with Gasteiger partial charge in [-0.3, -0.25) is 9.59 Å². The number of rotatable bonds is 5. The summed E-state index contributed by atoms with van der Waals surface area (Å²) in [6.07, 6.45) is 1.28. The van der Waals surface area contributed by atoms with E-state index in [-0.39, 0.29) is 6.54 Å². The molecule has 25 heavy (non-hydrogen) atoms. The van der Waals surface area contributed by atoms with Crippen LogP contribution in [0.3, 0.4) is 0 Å². The Labute approximate surface area is 148 Å². The second kappa shape index (κ2) is 6.18. The molecule has 1 aromatic heterocycles. The summed E-state index contributed by atoms with van der Waals surface area (Å²) in [4.78, 5) is 27.6. The fourth-order valence-electron chi connectivity index (χ4n) is 3.08. The van der Waals surface area contributed by atoms with Gasteiger partial charge in [0.15, 0.2) is 0 Å². The van der Waals surface area contributed by atoms with E-state index in [1.807, 2.05) is 30.3 Å². The molecular formula is C17H17FN4O2S. The predicted octanol–water partition coefficient (Wildman–Crippen LogP) is 1.88. The third-order valence-electron chi connectivity index (χ3n) is 4.77. The number of amides is 2. The Hall–Kier alpha value is -2.35. The van der Waals surface area contributed by atoms with Crippen molar-refractivity contribution in [3.63, 3.8) is 0 Å². The molecule has 2 fully saturated rings. The number of halogens is 1. The zero-order valence-corrected chi connectivity index (χ0v) is 14.3. The minimum absolute atomic E-state index is 0.255. The van der Waals surface area contributed by atoms with Gasteiger partial charge >= 0.3 is 11.8 Å². The lowest BCUT2D eigenvalue weighted by Gasteiger charge is -2.37. The minimum Gasteiger partial charge on any atom is -0.326 e. The largest absolute Gasteiger partial charge is 0.326 e. The molecule has 1 saturated heterocycles. The van der Waals surface area contributed by atoms with E-state index >= 15 is 0 Å². The van der Waals surface area contributed by atoms with Gasteiger partial charge < -0.3 is 9.80 Å². The molecule has 130 valence electrons. The van der Waals surface area contributed by atoms with E-state index in [1.165, 1.54) is 21.1 Å². The standard InChI is InChI=1S/C17H17FN4O2S/c18-11-17(6-7-17)22-9-8-21(15(23)16(22)24)10-13-19-20-14(25-13)12-4-2-1-3-5-12/h1-5H,6-11H2. The molecular weight excluding hydrogens is 343 g/mol. The quantitative estimate of drug-likeness (QED) is 0.764. The highest BCUT2D eigenvalue weighted by Crippen LogP contribution is 2.43. The summed E-state index contributed by atoms with van der Waals surface area (Å²) in [7, 11) is 0. The fraction of sp³-hybridized carbons (Fsp3) is 0.412. The van der Waals surface area contributed by atoms with Gasteiger partial charge in [-0.1, -0.05) is 41.7 Å². The second-order valence-corrected chi connectivity index (χ2v) is 7.47. The molecule has 2 aliphatic rings. The molecule has 1 saturated carbocycles. The van der Waals surface area contributed by atoms with Crippen molar-refractivity contribution in [2.45, 2.75) is 24.9 Å². The molecule has 8 heteroatoms. The topological polar surface area (TPSA) is 66.4 Å². The first-order valence-corrected chi connectivity index (χ1v) is 8.99. The summed E-state index contributed by atoms with van der Waals surface area (Å²) < 4.78 is 13.2. The summed E-state index contributed by atoms with van der Waals surface area (Å²) in [6.45, 7) is 0.444. The molecule has 6 nitrogen and oxygen atoms in total. The van der Waals surface area contributed by atoms with Gasteiger partial charge in [-0.25, -0.2) is 4.39 Å². The zero-order chi connectivity index (χ0) is 17.4. The first kappa shape index (κ1) is 16.1. The third-order valence-corrected chi connectivity index (χ3v) is 5.73. The number of hydrogen-bond acceptors (Lipinski definition) is 5. The van der Waals surface area contributed by atoms with Crippen molar-refractivity contribution < 1.29 is 14.0 Å². The molecule has 1 aliphatic carbocycles. The lowest BCUT2D eigenvalue weighted by atomic mass is 10.2. The van der Waals surface area contributed by atoms with E-state index in [9.17, 15) is 14.0 Å². The number of hydrogen-bond donors (Lipinski definition) is 0. The average molecular weight is 360 g/mol. The van der Waals surface area contributed by atoms with Crippen molar-refractivity contribution in [2.75, 3.05) is 19.8 Å². The van der Waals surface area contributed by atoms with Crippen LogP contribution in [-0.4, -0.2) is 57.1 Å². The van der Waals surface area contributed by atoms with E-state index in [4.69, 9.17) is 0 Å². The highest BCUT2D eigenvalue weighted by atomic mass is 32.1. The number of nitrogens with zero attached hydrogens (tertiary/aromatic N) is 4. The number of piperazine rings is 1. The summed E-state index contributed by atoms with van der Waals surface area (Å²) >= 11 is 1.41. The van der Waals surface area contributed by atoms with Crippen molar-refractivity contribution >= 4 is 23.2 Å². The molecule has 0 bridgehead atoms. The highest BCUT2D eigenvalue weighted by molar-refractivity contribution is 7.14. The number of benzene rings is 1. The summed E-state index contributed by atoms with van der Waals surface area (Å²) in [6, 6.07) is 9.68. The Morgan fingerprint density at radius 1 is 1.08 bits per heavy atom. The molecule has 1 aliphatic heterocycles. The number of carbonyl (C=O) groups is 2. The zero-order valence-electron chi connectivity index (χ0n) is 13.5. The molecule has 4 rings (SSSR count). The Morgan fingerprint density at radius 3 is 2.52 bits per heavy atom. The van der Waals surface area contributed by atoms with Crippen molar-refractivity contribution in [3.8, 4) is 10.6 Å². The molecule has 0 spiro atoms. The SMILES string of the molecule is O=C1C(=O)N(C2(CF)CC2)CCN1Cc1nnc(-c2ccccc2)s1. The molecule has 2 aromatic rings. The highest BCUT2D eigenvalue weighted by Gasteiger charge is 2.53. The number of carbonyl (C=O) groups excluding carboxylic acids is 2. The maximum absolute atomic E-state index is 13.2. The van der Waals surface area contributed by atoms with Crippen molar-refractivity contribution in [2.24, 2.45) is 0 Å². The van der Waals surface area contributed by atoms with Crippen LogP contribution in [0.2, 0.25) is 0 Å². The maximum atomic E-state index is 13.2. The van der Waals surface area contributed by atoms with Gasteiger partial charge in [-0.05, 0) is 12.8 Å². The van der Waals surface area contributed by atoms with Gasteiger partial charge in [0.25, 0.3) is 0 Å². The number of aromatic nitrogens is 2. The van der Waals surface area contributed by atoms with Crippen LogP contribution >= 0.6 is 11.3 Å². The monoisotopic (exact) mass is 360 g/mol. The molecule has 1 aromatic carbocycles. The van der Waals surface area contributed by atoms with Crippen LogP contribution in [0.1, 0.15) is 17.8 Å². The van der Waals surface area contributed by atoms with Gasteiger partial charge in [0.1, 0.15) is 16.7 Å². The molecule has 2 amide bonds. The minimum atomic E-state index is -0.720. The second-order valence-electron chi connectivity index (χ2n) is 6.41. The fourth-order valence-corrected chi connectivity index (χ4v) is 3.94. The number of alkyl halides is 1. The Morgan fingerprint density at radius 2 is 1.84 bits per heavy atom. The molecule has 0 unspecified atom stereocenters. The Bertz CT molecular complexity index is 806. The van der Waals surface area contributed by atoms with Crippen molar-refractivity contribution in [3.05, 3.63) is 35.3 Å². The van der Waals surface area contributed by atoms with Crippen LogP contribution in [-0.2, 0) is 16.1 Å². The molecule has 2 heterocycles. The van der Waals surface area contributed by atoms with Crippen LogP contribution < -0.4 is 0 Å². The Kier molecular flexibility index (Phi) is 3.99. The summed E-state index contributed by atoms with van der Waals surface area (Å²) in [5.74, 6) is -1.18. The van der Waals surface area contributed by atoms with Gasteiger partial charge in [0, 0.05) is 18.7 Å². The van der Waals surface area contributed by atoms with Gasteiger partial charge in [0.2, 0.25) is 0 Å². The lowest BCUT2D eigenvalue weighted by molar-refractivity contribution is -0.159. The third kappa shape index (κ3) is 2.90. The maximum Gasteiger partial charge on any atom is 0.312 e. The van der Waals surface area contributed by atoms with Gasteiger partial charge in [-0.2, -0.15) is 0 Å². The first-order valence-electron chi connectivity index (χ1n) is 8.18. The predicted molar refractivity (Wildman–Crippen MR) is 90.4 cm³/mol. The molecule has 0 radical (unpaired) electrons. The summed E-state index contributed by atoms with van der Waals surface area (Å²) in [5.41, 5.74) is 0.249. The van der Waals surface area contributed by atoms with E-state index < -0.39 is 24.0 Å².